The van der Waals surface area contributed by atoms with E-state index in [4.69, 9.17) is 9.47 Å². The van der Waals surface area contributed by atoms with Crippen LogP contribution in [0.1, 0.15) is 77.3 Å². The zero-order valence-electron chi connectivity index (χ0n) is 21.1. The lowest BCUT2D eigenvalue weighted by Gasteiger charge is -2.37. The second kappa shape index (κ2) is 10.0. The molecular weight excluding hydrogens is 410 g/mol. The summed E-state index contributed by atoms with van der Waals surface area (Å²) in [7, 11) is 0. The molecule has 4 heteroatoms. The Morgan fingerprint density at radius 2 is 1.73 bits per heavy atom. The molecule has 0 heterocycles. The Bertz CT molecular complexity index is 963. The molecule has 33 heavy (non-hydrogen) atoms. The first-order chi connectivity index (χ1) is 15.8. The number of nitrogens with one attached hydrogen (secondary N) is 1. The summed E-state index contributed by atoms with van der Waals surface area (Å²) in [4.78, 5) is 11.9. The number of hydrogen-bond acceptors (Lipinski definition) is 4. The molecule has 2 aromatic carbocycles. The molecular formula is C29H41NO3. The van der Waals surface area contributed by atoms with Crippen molar-refractivity contribution in [1.82, 2.24) is 5.32 Å². The molecule has 2 saturated carbocycles. The minimum atomic E-state index is -0.0498. The first kappa shape index (κ1) is 24.1. The SMILES string of the molecule is CCOC(=O)C1CC(NCc2c(OC3CCC(C(C)(C)C)CC3)cc(C)c3ccccc23)C1. The van der Waals surface area contributed by atoms with E-state index in [-0.39, 0.29) is 11.9 Å². The first-order valence-corrected chi connectivity index (χ1v) is 12.8. The number of aryl methyl sites for hydroxylation is 1. The van der Waals surface area contributed by atoms with Gasteiger partial charge < -0.3 is 14.8 Å². The van der Waals surface area contributed by atoms with E-state index in [1.807, 2.05) is 6.92 Å². The molecule has 0 unspecified atom stereocenters. The van der Waals surface area contributed by atoms with Crippen LogP contribution in [0.2, 0.25) is 0 Å². The molecule has 0 radical (unpaired) electrons. The summed E-state index contributed by atoms with van der Waals surface area (Å²) in [5.41, 5.74) is 2.89. The minimum absolute atomic E-state index is 0.0472. The van der Waals surface area contributed by atoms with E-state index in [0.29, 0.717) is 24.2 Å². The van der Waals surface area contributed by atoms with Crippen molar-refractivity contribution in [2.45, 2.75) is 91.8 Å². The molecule has 2 aliphatic carbocycles. The number of esters is 1. The van der Waals surface area contributed by atoms with Crippen molar-refractivity contribution in [3.8, 4) is 5.75 Å². The van der Waals surface area contributed by atoms with E-state index in [2.05, 4.69) is 63.3 Å². The highest BCUT2D eigenvalue weighted by Crippen LogP contribution is 2.40. The maximum atomic E-state index is 11.9. The number of carbonyl (C=O) groups is 1. The third-order valence-electron chi connectivity index (χ3n) is 7.84. The summed E-state index contributed by atoms with van der Waals surface area (Å²) in [5.74, 6) is 1.80. The average molecular weight is 452 g/mol. The van der Waals surface area contributed by atoms with Gasteiger partial charge in [-0.25, -0.2) is 0 Å². The van der Waals surface area contributed by atoms with Crippen molar-refractivity contribution >= 4 is 16.7 Å². The van der Waals surface area contributed by atoms with Crippen molar-refractivity contribution in [3.05, 3.63) is 41.5 Å². The van der Waals surface area contributed by atoms with Crippen LogP contribution >= 0.6 is 0 Å². The predicted molar refractivity (Wildman–Crippen MR) is 134 cm³/mol. The van der Waals surface area contributed by atoms with Crippen LogP contribution in [-0.2, 0) is 16.1 Å². The van der Waals surface area contributed by atoms with Crippen LogP contribution in [0, 0.1) is 24.2 Å². The smallest absolute Gasteiger partial charge is 0.309 e. The molecule has 2 aromatic rings. The van der Waals surface area contributed by atoms with Gasteiger partial charge in [-0.2, -0.15) is 0 Å². The van der Waals surface area contributed by atoms with Crippen LogP contribution in [0.25, 0.3) is 10.8 Å². The van der Waals surface area contributed by atoms with Crippen molar-refractivity contribution in [2.24, 2.45) is 17.3 Å². The zero-order valence-corrected chi connectivity index (χ0v) is 21.1. The van der Waals surface area contributed by atoms with Crippen LogP contribution in [0.3, 0.4) is 0 Å². The summed E-state index contributed by atoms with van der Waals surface area (Å²) < 4.78 is 11.9. The molecule has 2 aliphatic rings. The van der Waals surface area contributed by atoms with Crippen LogP contribution < -0.4 is 10.1 Å². The topological polar surface area (TPSA) is 47.6 Å². The number of carbonyl (C=O) groups excluding carboxylic acids is 1. The van der Waals surface area contributed by atoms with E-state index in [1.54, 1.807) is 0 Å². The molecule has 0 spiro atoms. The maximum Gasteiger partial charge on any atom is 0.309 e. The van der Waals surface area contributed by atoms with Crippen LogP contribution in [0.5, 0.6) is 5.75 Å². The quantitative estimate of drug-likeness (QED) is 0.484. The molecule has 0 saturated heterocycles. The maximum absolute atomic E-state index is 11.9. The van der Waals surface area contributed by atoms with Gasteiger partial charge in [-0.05, 0) is 86.1 Å². The summed E-state index contributed by atoms with van der Waals surface area (Å²) in [6.45, 7) is 12.4. The minimum Gasteiger partial charge on any atom is -0.490 e. The van der Waals surface area contributed by atoms with Gasteiger partial charge in [-0.3, -0.25) is 4.79 Å². The van der Waals surface area contributed by atoms with Gasteiger partial charge in [-0.1, -0.05) is 45.0 Å². The Balaban J connectivity index is 1.47. The largest absolute Gasteiger partial charge is 0.490 e. The van der Waals surface area contributed by atoms with Gasteiger partial charge in [0.25, 0.3) is 0 Å². The molecule has 4 rings (SSSR count). The molecule has 4 nitrogen and oxygen atoms in total. The summed E-state index contributed by atoms with van der Waals surface area (Å²) in [5, 5.41) is 6.25. The molecule has 180 valence electrons. The van der Waals surface area contributed by atoms with Gasteiger partial charge in [0.2, 0.25) is 0 Å². The van der Waals surface area contributed by atoms with E-state index < -0.39 is 0 Å². The second-order valence-corrected chi connectivity index (χ2v) is 11.2. The lowest BCUT2D eigenvalue weighted by molar-refractivity contribution is -0.151. The van der Waals surface area contributed by atoms with E-state index in [9.17, 15) is 4.79 Å². The number of fused-ring (bicyclic) bond motifs is 1. The van der Waals surface area contributed by atoms with Gasteiger partial charge in [0.05, 0.1) is 18.6 Å². The molecule has 0 aliphatic heterocycles. The number of hydrogen-bond donors (Lipinski definition) is 1. The lowest BCUT2D eigenvalue weighted by Crippen LogP contribution is -2.44. The van der Waals surface area contributed by atoms with Crippen molar-refractivity contribution in [2.75, 3.05) is 6.61 Å². The monoisotopic (exact) mass is 451 g/mol. The van der Waals surface area contributed by atoms with Gasteiger partial charge in [0, 0.05) is 18.2 Å². The molecule has 0 bridgehead atoms. The van der Waals surface area contributed by atoms with Crippen molar-refractivity contribution in [1.29, 1.82) is 0 Å². The Morgan fingerprint density at radius 3 is 2.36 bits per heavy atom. The fourth-order valence-electron chi connectivity index (χ4n) is 5.58. The Hall–Kier alpha value is -2.07. The highest BCUT2D eigenvalue weighted by atomic mass is 16.5. The number of rotatable bonds is 7. The fraction of sp³-hybridized carbons (Fsp3) is 0.621. The van der Waals surface area contributed by atoms with Crippen LogP contribution in [0.4, 0.5) is 0 Å². The molecule has 0 aromatic heterocycles. The van der Waals surface area contributed by atoms with Gasteiger partial charge in [-0.15, -0.1) is 0 Å². The van der Waals surface area contributed by atoms with E-state index in [0.717, 1.165) is 43.9 Å². The summed E-state index contributed by atoms with van der Waals surface area (Å²) in [6.07, 6.45) is 6.75. The molecule has 0 atom stereocenters. The van der Waals surface area contributed by atoms with Crippen molar-refractivity contribution in [3.63, 3.8) is 0 Å². The van der Waals surface area contributed by atoms with Gasteiger partial charge in [0.1, 0.15) is 5.75 Å². The highest BCUT2D eigenvalue weighted by molar-refractivity contribution is 5.90. The van der Waals surface area contributed by atoms with Gasteiger partial charge in [0.15, 0.2) is 0 Å². The zero-order chi connectivity index (χ0) is 23.6. The third-order valence-corrected chi connectivity index (χ3v) is 7.84. The average Bonchev–Trinajstić information content (AvgIpc) is 2.74. The Kier molecular flexibility index (Phi) is 7.33. The predicted octanol–water partition coefficient (Wildman–Crippen LogP) is 6.56. The highest BCUT2D eigenvalue weighted by Gasteiger charge is 2.35. The van der Waals surface area contributed by atoms with Gasteiger partial charge >= 0.3 is 5.97 Å². The number of ether oxygens (including phenoxy) is 2. The van der Waals surface area contributed by atoms with E-state index in [1.165, 1.54) is 34.7 Å². The van der Waals surface area contributed by atoms with Crippen LogP contribution in [-0.4, -0.2) is 24.7 Å². The number of benzene rings is 2. The Labute approximate surface area is 199 Å². The standard InChI is InChI=1S/C29H41NO3/c1-6-32-28(31)20-16-22(17-20)30-18-26-25-10-8-7-9-24(25)19(2)15-27(26)33-23-13-11-21(12-14-23)29(3,4)5/h7-10,15,20-23,30H,6,11-14,16-18H2,1-5H3. The van der Waals surface area contributed by atoms with E-state index >= 15 is 0 Å². The summed E-state index contributed by atoms with van der Waals surface area (Å²) in [6, 6.07) is 11.2. The van der Waals surface area contributed by atoms with Crippen LogP contribution in [0.15, 0.2) is 30.3 Å². The summed E-state index contributed by atoms with van der Waals surface area (Å²) >= 11 is 0. The lowest BCUT2D eigenvalue weighted by atomic mass is 9.72. The van der Waals surface area contributed by atoms with Crippen molar-refractivity contribution < 1.29 is 14.3 Å². The molecule has 2 fully saturated rings. The normalized spacial score (nSPS) is 25.5. The molecule has 1 N–H and O–H groups in total. The second-order valence-electron chi connectivity index (χ2n) is 11.2. The Morgan fingerprint density at radius 1 is 1.06 bits per heavy atom. The first-order valence-electron chi connectivity index (χ1n) is 12.8. The third kappa shape index (κ3) is 5.54. The molecule has 0 amide bonds. The fourth-order valence-corrected chi connectivity index (χ4v) is 5.58.